The number of hydrogen-bond donors (Lipinski definition) is 2. The van der Waals surface area contributed by atoms with Crippen molar-refractivity contribution in [1.82, 2.24) is 5.48 Å². The maximum Gasteiger partial charge on any atom is 0.267 e. The van der Waals surface area contributed by atoms with E-state index in [1.165, 1.54) is 6.08 Å². The number of aliphatic hydroxyl groups is 1. The number of allylic oxidation sites excluding steroid dienone is 1. The smallest absolute Gasteiger partial charge is 0.267 e. The fraction of sp³-hybridized carbons (Fsp3) is 0.571. The fourth-order valence-corrected chi connectivity index (χ4v) is 0.459. The Labute approximate surface area is 65.8 Å². The largest absolute Gasteiger partial charge is 0.394 e. The number of rotatable bonds is 4. The highest BCUT2D eigenvalue weighted by Crippen LogP contribution is 1.86. The van der Waals surface area contributed by atoms with E-state index in [9.17, 15) is 4.79 Å². The number of carbonyl (C=O) groups excluding carboxylic acids is 1. The van der Waals surface area contributed by atoms with Crippen molar-refractivity contribution in [1.29, 1.82) is 0 Å². The first-order valence-corrected chi connectivity index (χ1v) is 3.34. The van der Waals surface area contributed by atoms with Crippen LogP contribution in [0.3, 0.4) is 0 Å². The second kappa shape index (κ2) is 5.88. The van der Waals surface area contributed by atoms with E-state index in [0.29, 0.717) is 0 Å². The summed E-state index contributed by atoms with van der Waals surface area (Å²) < 4.78 is 0. The minimum absolute atomic E-state index is 0.102. The molecule has 0 radical (unpaired) electrons. The van der Waals surface area contributed by atoms with Crippen LogP contribution in [0.15, 0.2) is 11.6 Å². The van der Waals surface area contributed by atoms with Crippen molar-refractivity contribution >= 4 is 5.91 Å². The fourth-order valence-electron chi connectivity index (χ4n) is 0.459. The van der Waals surface area contributed by atoms with E-state index in [2.05, 4.69) is 10.3 Å². The molecule has 0 aliphatic heterocycles. The first-order chi connectivity index (χ1) is 5.16. The van der Waals surface area contributed by atoms with E-state index in [4.69, 9.17) is 5.11 Å². The van der Waals surface area contributed by atoms with Gasteiger partial charge in [-0.1, -0.05) is 5.57 Å². The van der Waals surface area contributed by atoms with Crippen LogP contribution in [0.4, 0.5) is 0 Å². The van der Waals surface area contributed by atoms with Gasteiger partial charge in [0.1, 0.15) is 0 Å². The molecular formula is C7H13NO3. The molecule has 0 aromatic rings. The molecule has 4 heteroatoms. The molecule has 1 amide bonds. The Morgan fingerprint density at radius 2 is 2.27 bits per heavy atom. The lowest BCUT2D eigenvalue weighted by Crippen LogP contribution is -2.23. The molecule has 0 aliphatic rings. The topological polar surface area (TPSA) is 58.6 Å². The summed E-state index contributed by atoms with van der Waals surface area (Å²) in [6.07, 6.45) is 1.41. The molecule has 0 aromatic carbocycles. The molecule has 0 rings (SSSR count). The normalized spacial score (nSPS) is 9.00. The summed E-state index contributed by atoms with van der Waals surface area (Å²) in [4.78, 5) is 15.3. The molecule has 0 spiro atoms. The van der Waals surface area contributed by atoms with Gasteiger partial charge in [-0.2, -0.15) is 0 Å². The molecule has 0 bridgehead atoms. The minimum Gasteiger partial charge on any atom is -0.394 e. The summed E-state index contributed by atoms with van der Waals surface area (Å²) in [7, 11) is 0. The summed E-state index contributed by atoms with van der Waals surface area (Å²) in [5.74, 6) is -0.307. The SMILES string of the molecule is CC(C)=CC(=O)NOCCO. The van der Waals surface area contributed by atoms with Gasteiger partial charge in [-0.3, -0.25) is 9.63 Å². The quantitative estimate of drug-likeness (QED) is 0.344. The molecule has 11 heavy (non-hydrogen) atoms. The van der Waals surface area contributed by atoms with Crippen LogP contribution in [-0.4, -0.2) is 24.2 Å². The van der Waals surface area contributed by atoms with Crippen molar-refractivity contribution < 1.29 is 14.7 Å². The second-order valence-corrected chi connectivity index (χ2v) is 2.26. The van der Waals surface area contributed by atoms with Gasteiger partial charge in [-0.25, -0.2) is 5.48 Å². The van der Waals surface area contributed by atoms with Gasteiger partial charge in [-0.15, -0.1) is 0 Å². The van der Waals surface area contributed by atoms with E-state index in [-0.39, 0.29) is 19.1 Å². The Balaban J connectivity index is 3.46. The lowest BCUT2D eigenvalue weighted by Gasteiger charge is -2.00. The third-order valence-corrected chi connectivity index (χ3v) is 0.786. The molecular weight excluding hydrogens is 146 g/mol. The number of aliphatic hydroxyl groups excluding tert-OH is 1. The highest BCUT2D eigenvalue weighted by Gasteiger charge is 1.93. The Morgan fingerprint density at radius 1 is 1.64 bits per heavy atom. The van der Waals surface area contributed by atoms with E-state index in [0.717, 1.165) is 5.57 Å². The summed E-state index contributed by atoms with van der Waals surface area (Å²) >= 11 is 0. The molecule has 0 aliphatic carbocycles. The number of nitrogens with one attached hydrogen (secondary N) is 1. The first kappa shape index (κ1) is 10.1. The third-order valence-electron chi connectivity index (χ3n) is 0.786. The van der Waals surface area contributed by atoms with Crippen LogP contribution < -0.4 is 5.48 Å². The highest BCUT2D eigenvalue weighted by molar-refractivity contribution is 5.87. The van der Waals surface area contributed by atoms with E-state index < -0.39 is 0 Å². The molecule has 2 N–H and O–H groups in total. The minimum atomic E-state index is -0.307. The van der Waals surface area contributed by atoms with Gasteiger partial charge < -0.3 is 5.11 Å². The number of amides is 1. The zero-order chi connectivity index (χ0) is 8.69. The maximum absolute atomic E-state index is 10.7. The highest BCUT2D eigenvalue weighted by atomic mass is 16.7. The average molecular weight is 159 g/mol. The number of hydroxylamine groups is 1. The Bertz CT molecular complexity index is 150. The standard InChI is InChI=1S/C7H13NO3/c1-6(2)5-7(10)8-11-4-3-9/h5,9H,3-4H2,1-2H3,(H,8,10). The molecule has 0 saturated heterocycles. The molecule has 4 nitrogen and oxygen atoms in total. The summed E-state index contributed by atoms with van der Waals surface area (Å²) in [5, 5.41) is 8.27. The maximum atomic E-state index is 10.7. The molecule has 0 atom stereocenters. The van der Waals surface area contributed by atoms with Crippen molar-refractivity contribution in [3.05, 3.63) is 11.6 Å². The van der Waals surface area contributed by atoms with Crippen molar-refractivity contribution in [2.75, 3.05) is 13.2 Å². The lowest BCUT2D eigenvalue weighted by molar-refractivity contribution is -0.129. The average Bonchev–Trinajstić information content (AvgIpc) is 1.86. The predicted molar refractivity (Wildman–Crippen MR) is 40.6 cm³/mol. The molecule has 64 valence electrons. The van der Waals surface area contributed by atoms with E-state index in [1.807, 2.05) is 13.8 Å². The van der Waals surface area contributed by atoms with Crippen molar-refractivity contribution in [2.45, 2.75) is 13.8 Å². The zero-order valence-corrected chi connectivity index (χ0v) is 6.76. The zero-order valence-electron chi connectivity index (χ0n) is 6.76. The molecule has 0 aromatic heterocycles. The van der Waals surface area contributed by atoms with Crippen LogP contribution in [0.2, 0.25) is 0 Å². The molecule has 0 fully saturated rings. The first-order valence-electron chi connectivity index (χ1n) is 3.34. The van der Waals surface area contributed by atoms with Gasteiger partial charge in [0, 0.05) is 6.08 Å². The van der Waals surface area contributed by atoms with Gasteiger partial charge in [0.15, 0.2) is 0 Å². The van der Waals surface area contributed by atoms with Gasteiger partial charge in [0.2, 0.25) is 0 Å². The van der Waals surface area contributed by atoms with Crippen LogP contribution >= 0.6 is 0 Å². The van der Waals surface area contributed by atoms with Crippen LogP contribution in [-0.2, 0) is 9.63 Å². The summed E-state index contributed by atoms with van der Waals surface area (Å²) in [6.45, 7) is 3.63. The summed E-state index contributed by atoms with van der Waals surface area (Å²) in [6, 6.07) is 0. The third kappa shape index (κ3) is 7.02. The molecule has 0 heterocycles. The van der Waals surface area contributed by atoms with Crippen LogP contribution in [0, 0.1) is 0 Å². The van der Waals surface area contributed by atoms with Crippen molar-refractivity contribution in [2.24, 2.45) is 0 Å². The lowest BCUT2D eigenvalue weighted by atomic mass is 10.3. The van der Waals surface area contributed by atoms with Gasteiger partial charge in [0.25, 0.3) is 5.91 Å². The van der Waals surface area contributed by atoms with Crippen LogP contribution in [0.1, 0.15) is 13.8 Å². The predicted octanol–water partition coefficient (Wildman–Crippen LogP) is -0.00730. The van der Waals surface area contributed by atoms with Crippen LogP contribution in [0.5, 0.6) is 0 Å². The van der Waals surface area contributed by atoms with Crippen LogP contribution in [0.25, 0.3) is 0 Å². The van der Waals surface area contributed by atoms with Gasteiger partial charge in [0.05, 0.1) is 13.2 Å². The summed E-state index contributed by atoms with van der Waals surface area (Å²) in [5.41, 5.74) is 3.04. The van der Waals surface area contributed by atoms with Gasteiger partial charge >= 0.3 is 0 Å². The monoisotopic (exact) mass is 159 g/mol. The van der Waals surface area contributed by atoms with E-state index in [1.54, 1.807) is 0 Å². The second-order valence-electron chi connectivity index (χ2n) is 2.26. The van der Waals surface area contributed by atoms with Crippen molar-refractivity contribution in [3.63, 3.8) is 0 Å². The number of hydrogen-bond acceptors (Lipinski definition) is 3. The molecule has 0 unspecified atom stereocenters. The number of carbonyl (C=O) groups is 1. The Hall–Kier alpha value is -0.870. The van der Waals surface area contributed by atoms with Gasteiger partial charge in [-0.05, 0) is 13.8 Å². The Kier molecular flexibility index (Phi) is 5.42. The van der Waals surface area contributed by atoms with Crippen molar-refractivity contribution in [3.8, 4) is 0 Å². The van der Waals surface area contributed by atoms with E-state index >= 15 is 0 Å². The Morgan fingerprint density at radius 3 is 2.73 bits per heavy atom. The molecule has 0 saturated carbocycles.